The molecule has 0 saturated carbocycles. The molecule has 4 rings (SSSR count). The normalized spacial score (nSPS) is 20.0. The van der Waals surface area contributed by atoms with Crippen LogP contribution in [0, 0.1) is 0 Å². The van der Waals surface area contributed by atoms with Crippen LogP contribution in [0.15, 0.2) is 54.1 Å². The number of carbonyl (C=O) groups excluding carboxylic acids is 2. The fourth-order valence-electron chi connectivity index (χ4n) is 4.78. The summed E-state index contributed by atoms with van der Waals surface area (Å²) >= 11 is 0. The topological polar surface area (TPSA) is 88.5 Å². The first-order chi connectivity index (χ1) is 17.9. The molecule has 0 radical (unpaired) electrons. The molecular formula is C29H36N2O6. The Morgan fingerprint density at radius 2 is 1.65 bits per heavy atom. The molecule has 1 atom stereocenters. The standard InChI is InChI=1S/C29H36N2O6/c1-4-36-23-10-8-22(9-11-23)27(32)25-26(21-6-12-24(13-7-21)37-20(2)3)31(29(34)28(25)33)15-5-14-30-16-18-35-19-17-30/h6-13,20,26,32H,4-5,14-19H2,1-3H3/t26-/m0/s1. The highest BCUT2D eigenvalue weighted by Gasteiger charge is 2.45. The summed E-state index contributed by atoms with van der Waals surface area (Å²) in [7, 11) is 0. The molecule has 0 aromatic heterocycles. The summed E-state index contributed by atoms with van der Waals surface area (Å²) < 4.78 is 16.7. The Labute approximate surface area is 218 Å². The molecule has 0 bridgehead atoms. The zero-order valence-corrected chi connectivity index (χ0v) is 21.8. The third kappa shape index (κ3) is 6.32. The van der Waals surface area contributed by atoms with Gasteiger partial charge in [0, 0.05) is 31.7 Å². The highest BCUT2D eigenvalue weighted by atomic mass is 16.5. The smallest absolute Gasteiger partial charge is 0.295 e. The molecule has 198 valence electrons. The number of rotatable bonds is 10. The summed E-state index contributed by atoms with van der Waals surface area (Å²) in [4.78, 5) is 30.4. The minimum Gasteiger partial charge on any atom is -0.507 e. The van der Waals surface area contributed by atoms with Gasteiger partial charge in [-0.25, -0.2) is 0 Å². The predicted molar refractivity (Wildman–Crippen MR) is 141 cm³/mol. The van der Waals surface area contributed by atoms with Crippen molar-refractivity contribution in [2.45, 2.75) is 39.3 Å². The van der Waals surface area contributed by atoms with Crippen LogP contribution in [0.25, 0.3) is 5.76 Å². The van der Waals surface area contributed by atoms with E-state index in [0.29, 0.717) is 49.8 Å². The lowest BCUT2D eigenvalue weighted by Crippen LogP contribution is -2.38. The van der Waals surface area contributed by atoms with Crippen LogP contribution >= 0.6 is 0 Å². The number of carbonyl (C=O) groups is 2. The Morgan fingerprint density at radius 1 is 1.00 bits per heavy atom. The molecule has 1 amide bonds. The molecule has 0 aliphatic carbocycles. The van der Waals surface area contributed by atoms with Crippen molar-refractivity contribution in [2.24, 2.45) is 0 Å². The lowest BCUT2D eigenvalue weighted by Gasteiger charge is -2.29. The van der Waals surface area contributed by atoms with Crippen LogP contribution in [-0.4, -0.2) is 78.7 Å². The van der Waals surface area contributed by atoms with Gasteiger partial charge in [0.05, 0.1) is 37.5 Å². The van der Waals surface area contributed by atoms with Gasteiger partial charge in [0.1, 0.15) is 17.3 Å². The average molecular weight is 509 g/mol. The van der Waals surface area contributed by atoms with E-state index in [1.165, 1.54) is 0 Å². The SMILES string of the molecule is CCOc1ccc(C(O)=C2C(=O)C(=O)N(CCCN3CCOCC3)[C@H]2c2ccc(OC(C)C)cc2)cc1. The van der Waals surface area contributed by atoms with Crippen LogP contribution in [0.4, 0.5) is 0 Å². The summed E-state index contributed by atoms with van der Waals surface area (Å²) in [5.41, 5.74) is 1.30. The van der Waals surface area contributed by atoms with E-state index in [1.54, 1.807) is 29.2 Å². The van der Waals surface area contributed by atoms with Gasteiger partial charge in [-0.1, -0.05) is 12.1 Å². The Bertz CT molecular complexity index is 1100. The molecule has 2 heterocycles. The van der Waals surface area contributed by atoms with Gasteiger partial charge in [-0.3, -0.25) is 14.5 Å². The number of ketones is 1. The number of likely N-dealkylation sites (tertiary alicyclic amines) is 1. The molecular weight excluding hydrogens is 472 g/mol. The largest absolute Gasteiger partial charge is 0.507 e. The summed E-state index contributed by atoms with van der Waals surface area (Å²) in [6.07, 6.45) is 0.734. The molecule has 2 aliphatic rings. The van der Waals surface area contributed by atoms with Crippen molar-refractivity contribution >= 4 is 17.4 Å². The number of benzene rings is 2. The maximum Gasteiger partial charge on any atom is 0.295 e. The molecule has 1 N–H and O–H groups in total. The summed E-state index contributed by atoms with van der Waals surface area (Å²) in [6.45, 7) is 10.7. The number of ether oxygens (including phenoxy) is 3. The van der Waals surface area contributed by atoms with E-state index in [0.717, 1.165) is 25.2 Å². The number of aliphatic hydroxyl groups excluding tert-OH is 1. The van der Waals surface area contributed by atoms with Crippen LogP contribution in [0.5, 0.6) is 11.5 Å². The van der Waals surface area contributed by atoms with Crippen molar-refractivity contribution in [3.05, 3.63) is 65.2 Å². The van der Waals surface area contributed by atoms with Crippen molar-refractivity contribution in [3.63, 3.8) is 0 Å². The van der Waals surface area contributed by atoms with Crippen molar-refractivity contribution in [1.29, 1.82) is 0 Å². The first-order valence-corrected chi connectivity index (χ1v) is 13.0. The van der Waals surface area contributed by atoms with E-state index in [4.69, 9.17) is 14.2 Å². The number of nitrogens with zero attached hydrogens (tertiary/aromatic N) is 2. The number of hydrogen-bond donors (Lipinski definition) is 1. The number of hydrogen-bond acceptors (Lipinski definition) is 7. The molecule has 2 saturated heterocycles. The second-order valence-corrected chi connectivity index (χ2v) is 9.49. The molecule has 2 aliphatic heterocycles. The van der Waals surface area contributed by atoms with Crippen molar-refractivity contribution in [3.8, 4) is 11.5 Å². The third-order valence-electron chi connectivity index (χ3n) is 6.52. The molecule has 37 heavy (non-hydrogen) atoms. The zero-order valence-electron chi connectivity index (χ0n) is 21.8. The van der Waals surface area contributed by atoms with Crippen LogP contribution in [0.2, 0.25) is 0 Å². The first-order valence-electron chi connectivity index (χ1n) is 13.0. The van der Waals surface area contributed by atoms with Gasteiger partial charge in [-0.2, -0.15) is 0 Å². The molecule has 2 aromatic rings. The van der Waals surface area contributed by atoms with E-state index in [-0.39, 0.29) is 17.4 Å². The predicted octanol–water partition coefficient (Wildman–Crippen LogP) is 4.02. The van der Waals surface area contributed by atoms with E-state index in [9.17, 15) is 14.7 Å². The van der Waals surface area contributed by atoms with Crippen LogP contribution in [0.1, 0.15) is 44.4 Å². The molecule has 8 nitrogen and oxygen atoms in total. The Hall–Kier alpha value is -3.36. The highest BCUT2D eigenvalue weighted by molar-refractivity contribution is 6.46. The third-order valence-corrected chi connectivity index (χ3v) is 6.52. The lowest BCUT2D eigenvalue weighted by molar-refractivity contribution is -0.140. The van der Waals surface area contributed by atoms with Gasteiger partial charge < -0.3 is 24.2 Å². The fourth-order valence-corrected chi connectivity index (χ4v) is 4.78. The average Bonchev–Trinajstić information content (AvgIpc) is 3.15. The van der Waals surface area contributed by atoms with Gasteiger partial charge >= 0.3 is 0 Å². The van der Waals surface area contributed by atoms with Crippen LogP contribution in [0.3, 0.4) is 0 Å². The number of amides is 1. The molecule has 2 fully saturated rings. The van der Waals surface area contributed by atoms with Crippen molar-refractivity contribution < 1.29 is 28.9 Å². The summed E-state index contributed by atoms with van der Waals surface area (Å²) in [6, 6.07) is 13.6. The minimum atomic E-state index is -0.690. The van der Waals surface area contributed by atoms with Crippen LogP contribution in [-0.2, 0) is 14.3 Å². The maximum absolute atomic E-state index is 13.3. The van der Waals surface area contributed by atoms with Crippen molar-refractivity contribution in [1.82, 2.24) is 9.80 Å². The fraction of sp³-hybridized carbons (Fsp3) is 0.448. The molecule has 0 spiro atoms. The number of Topliss-reactive ketones (excluding diaryl/α,β-unsaturated/α-hetero) is 1. The van der Waals surface area contributed by atoms with Gasteiger partial charge in [-0.05, 0) is 69.2 Å². The van der Waals surface area contributed by atoms with Crippen LogP contribution < -0.4 is 9.47 Å². The van der Waals surface area contributed by atoms with E-state index in [2.05, 4.69) is 4.90 Å². The monoisotopic (exact) mass is 508 g/mol. The maximum atomic E-state index is 13.3. The first kappa shape index (κ1) is 26.7. The minimum absolute atomic E-state index is 0.0244. The summed E-state index contributed by atoms with van der Waals surface area (Å²) in [5, 5.41) is 11.3. The Balaban J connectivity index is 1.65. The number of aliphatic hydroxyl groups is 1. The summed E-state index contributed by atoms with van der Waals surface area (Å²) in [5.74, 6) is -0.0914. The van der Waals surface area contributed by atoms with Gasteiger partial charge in [0.15, 0.2) is 0 Å². The Morgan fingerprint density at radius 3 is 2.27 bits per heavy atom. The molecule has 2 aromatic carbocycles. The second kappa shape index (κ2) is 12.3. The van der Waals surface area contributed by atoms with E-state index in [1.807, 2.05) is 45.0 Å². The second-order valence-electron chi connectivity index (χ2n) is 9.49. The zero-order chi connectivity index (χ0) is 26.4. The van der Waals surface area contributed by atoms with Gasteiger partial charge in [-0.15, -0.1) is 0 Å². The van der Waals surface area contributed by atoms with Crippen molar-refractivity contribution in [2.75, 3.05) is 46.0 Å². The molecule has 0 unspecified atom stereocenters. The van der Waals surface area contributed by atoms with E-state index < -0.39 is 17.7 Å². The quantitative estimate of drug-likeness (QED) is 0.295. The lowest BCUT2D eigenvalue weighted by atomic mass is 9.95. The van der Waals surface area contributed by atoms with E-state index >= 15 is 0 Å². The molecule has 8 heteroatoms. The number of morpholine rings is 1. The van der Waals surface area contributed by atoms with Gasteiger partial charge in [0.2, 0.25) is 0 Å². The highest BCUT2D eigenvalue weighted by Crippen LogP contribution is 2.40. The Kier molecular flexibility index (Phi) is 8.84. The van der Waals surface area contributed by atoms with Gasteiger partial charge in [0.25, 0.3) is 11.7 Å².